The predicted octanol–water partition coefficient (Wildman–Crippen LogP) is 3.93. The van der Waals surface area contributed by atoms with Gasteiger partial charge in [-0.15, -0.1) is 0 Å². The summed E-state index contributed by atoms with van der Waals surface area (Å²) in [5.74, 6) is 0.612. The van der Waals surface area contributed by atoms with Crippen LogP contribution < -0.4 is 10.5 Å². The van der Waals surface area contributed by atoms with E-state index in [-0.39, 0.29) is 0 Å². The van der Waals surface area contributed by atoms with Crippen LogP contribution in [0.3, 0.4) is 0 Å². The maximum atomic E-state index is 9.11. The van der Waals surface area contributed by atoms with Crippen LogP contribution in [0.2, 0.25) is 0 Å². The molecule has 0 amide bonds. The molecule has 0 saturated carbocycles. The maximum absolute atomic E-state index is 9.11. The van der Waals surface area contributed by atoms with Gasteiger partial charge in [-0.2, -0.15) is 5.26 Å². The minimum atomic E-state index is 0.295. The van der Waals surface area contributed by atoms with Gasteiger partial charge in [0.25, 0.3) is 0 Å². The predicted molar refractivity (Wildman–Crippen MR) is 85.9 cm³/mol. The van der Waals surface area contributed by atoms with E-state index in [9.17, 15) is 0 Å². The third-order valence-electron chi connectivity index (χ3n) is 3.14. The highest BCUT2D eigenvalue weighted by atomic mass is 32.1. The summed E-state index contributed by atoms with van der Waals surface area (Å²) in [6.45, 7) is 2.86. The van der Waals surface area contributed by atoms with Crippen LogP contribution >= 0.6 is 12.2 Å². The summed E-state index contributed by atoms with van der Waals surface area (Å²) in [5, 5.41) is 9.11. The second-order valence-corrected chi connectivity index (χ2v) is 5.24. The molecule has 3 nitrogen and oxygen atoms in total. The van der Waals surface area contributed by atoms with Gasteiger partial charge >= 0.3 is 0 Å². The first kappa shape index (κ1) is 16.5. The molecule has 0 fully saturated rings. The summed E-state index contributed by atoms with van der Waals surface area (Å²) in [5.41, 5.74) is 6.73. The summed E-state index contributed by atoms with van der Waals surface area (Å²) in [7, 11) is 0. The zero-order valence-corrected chi connectivity index (χ0v) is 12.8. The molecular weight excluding hydrogens is 268 g/mol. The van der Waals surface area contributed by atoms with E-state index < -0.39 is 0 Å². The number of ether oxygens (including phenoxy) is 1. The summed E-state index contributed by atoms with van der Waals surface area (Å²) in [4.78, 5) is 0.295. The lowest BCUT2D eigenvalue weighted by molar-refractivity contribution is 0.303. The van der Waals surface area contributed by atoms with Crippen LogP contribution in [0.15, 0.2) is 18.2 Å². The van der Waals surface area contributed by atoms with Crippen molar-refractivity contribution in [2.24, 2.45) is 5.73 Å². The van der Waals surface area contributed by atoms with Gasteiger partial charge in [-0.25, -0.2) is 0 Å². The maximum Gasteiger partial charge on any atom is 0.137 e. The average Bonchev–Trinajstić information content (AvgIpc) is 2.46. The van der Waals surface area contributed by atoms with Crippen molar-refractivity contribution in [2.45, 2.75) is 45.4 Å². The number of nitrogens with two attached hydrogens (primary N) is 1. The van der Waals surface area contributed by atoms with Crippen LogP contribution in [0.1, 0.15) is 56.6 Å². The van der Waals surface area contributed by atoms with Crippen molar-refractivity contribution in [2.75, 3.05) is 6.61 Å². The Bertz CT molecular complexity index is 480. The number of hydrogen-bond donors (Lipinski definition) is 1. The normalized spacial score (nSPS) is 10.0. The smallest absolute Gasteiger partial charge is 0.137 e. The molecule has 0 spiro atoms. The monoisotopic (exact) mass is 290 g/mol. The summed E-state index contributed by atoms with van der Waals surface area (Å²) < 4.78 is 5.66. The lowest BCUT2D eigenvalue weighted by atomic mass is 10.1. The molecule has 0 aromatic heterocycles. The standard InChI is InChI=1S/C16H22N2OS/c1-2-3-4-5-6-7-10-19-15-9-8-13(16(18)20)11-14(15)12-17/h8-9,11H,2-7,10H2,1H3,(H2,18,20). The van der Waals surface area contributed by atoms with Crippen LogP contribution in [0, 0.1) is 11.3 Å². The number of thiocarbonyl (C=S) groups is 1. The van der Waals surface area contributed by atoms with Crippen molar-refractivity contribution >= 4 is 17.2 Å². The summed E-state index contributed by atoms with van der Waals surface area (Å²) >= 11 is 4.90. The van der Waals surface area contributed by atoms with E-state index in [1.54, 1.807) is 18.2 Å². The van der Waals surface area contributed by atoms with E-state index >= 15 is 0 Å². The largest absolute Gasteiger partial charge is 0.492 e. The van der Waals surface area contributed by atoms with Gasteiger partial charge in [-0.05, 0) is 24.6 Å². The van der Waals surface area contributed by atoms with Crippen molar-refractivity contribution in [3.05, 3.63) is 29.3 Å². The summed E-state index contributed by atoms with van der Waals surface area (Å²) in [6, 6.07) is 7.36. The van der Waals surface area contributed by atoms with Gasteiger partial charge < -0.3 is 10.5 Å². The zero-order valence-electron chi connectivity index (χ0n) is 12.0. The number of unbranched alkanes of at least 4 members (excludes halogenated alkanes) is 5. The Balaban J connectivity index is 2.40. The highest BCUT2D eigenvalue weighted by Crippen LogP contribution is 2.20. The van der Waals surface area contributed by atoms with Crippen molar-refractivity contribution in [3.63, 3.8) is 0 Å². The highest BCUT2D eigenvalue weighted by molar-refractivity contribution is 7.80. The molecule has 20 heavy (non-hydrogen) atoms. The lowest BCUT2D eigenvalue weighted by Crippen LogP contribution is -2.10. The number of nitriles is 1. The second-order valence-electron chi connectivity index (χ2n) is 4.80. The molecule has 0 aliphatic rings. The first-order chi connectivity index (χ1) is 9.69. The first-order valence-corrected chi connectivity index (χ1v) is 7.56. The van der Waals surface area contributed by atoms with Gasteiger partial charge in [-0.1, -0.05) is 51.2 Å². The Labute approximate surface area is 126 Å². The molecule has 0 bridgehead atoms. The van der Waals surface area contributed by atoms with E-state index in [4.69, 9.17) is 28.0 Å². The van der Waals surface area contributed by atoms with Crippen molar-refractivity contribution in [3.8, 4) is 11.8 Å². The van der Waals surface area contributed by atoms with Gasteiger partial charge in [0, 0.05) is 5.56 Å². The Kier molecular flexibility index (Phi) is 7.67. The van der Waals surface area contributed by atoms with Crippen molar-refractivity contribution < 1.29 is 4.74 Å². The fourth-order valence-corrected chi connectivity index (χ4v) is 2.09. The van der Waals surface area contributed by atoms with Gasteiger partial charge in [0.1, 0.15) is 16.8 Å². The van der Waals surface area contributed by atoms with Crippen LogP contribution in [-0.4, -0.2) is 11.6 Å². The molecule has 0 saturated heterocycles. The Hall–Kier alpha value is -1.60. The SMILES string of the molecule is CCCCCCCCOc1ccc(C(N)=S)cc1C#N. The molecule has 4 heteroatoms. The molecule has 1 rings (SSSR count). The molecule has 1 aromatic carbocycles. The Morgan fingerprint density at radius 2 is 1.95 bits per heavy atom. The van der Waals surface area contributed by atoms with Gasteiger partial charge in [0.15, 0.2) is 0 Å². The second kappa shape index (κ2) is 9.33. The minimum Gasteiger partial charge on any atom is -0.492 e. The number of nitrogens with zero attached hydrogens (tertiary/aromatic N) is 1. The molecule has 0 atom stereocenters. The van der Waals surface area contributed by atoms with Crippen LogP contribution in [0.5, 0.6) is 5.75 Å². The Morgan fingerprint density at radius 3 is 2.60 bits per heavy atom. The third kappa shape index (κ3) is 5.58. The van der Waals surface area contributed by atoms with Gasteiger partial charge in [-0.3, -0.25) is 0 Å². The minimum absolute atomic E-state index is 0.295. The third-order valence-corrected chi connectivity index (χ3v) is 3.38. The quantitative estimate of drug-likeness (QED) is 0.553. The fraction of sp³-hybridized carbons (Fsp3) is 0.500. The average molecular weight is 290 g/mol. The van der Waals surface area contributed by atoms with Crippen LogP contribution in [0.25, 0.3) is 0 Å². The zero-order chi connectivity index (χ0) is 14.8. The van der Waals surface area contributed by atoms with Crippen molar-refractivity contribution in [1.82, 2.24) is 0 Å². The van der Waals surface area contributed by atoms with E-state index in [2.05, 4.69) is 13.0 Å². The number of hydrogen-bond acceptors (Lipinski definition) is 3. The topological polar surface area (TPSA) is 59.0 Å². The van der Waals surface area contributed by atoms with Gasteiger partial charge in [0.2, 0.25) is 0 Å². The van der Waals surface area contributed by atoms with Crippen LogP contribution in [-0.2, 0) is 0 Å². The molecule has 0 unspecified atom stereocenters. The lowest BCUT2D eigenvalue weighted by Gasteiger charge is -2.09. The fourth-order valence-electron chi connectivity index (χ4n) is 1.96. The molecule has 0 radical (unpaired) electrons. The van der Waals surface area contributed by atoms with Gasteiger partial charge in [0.05, 0.1) is 12.2 Å². The number of benzene rings is 1. The first-order valence-electron chi connectivity index (χ1n) is 7.15. The van der Waals surface area contributed by atoms with Crippen molar-refractivity contribution in [1.29, 1.82) is 5.26 Å². The Morgan fingerprint density at radius 1 is 1.25 bits per heavy atom. The molecule has 0 aliphatic heterocycles. The van der Waals surface area contributed by atoms with E-state index in [1.807, 2.05) is 0 Å². The molecular formula is C16H22N2OS. The highest BCUT2D eigenvalue weighted by Gasteiger charge is 2.06. The van der Waals surface area contributed by atoms with E-state index in [0.29, 0.717) is 28.5 Å². The molecule has 108 valence electrons. The number of rotatable bonds is 9. The summed E-state index contributed by atoms with van der Waals surface area (Å²) in [6.07, 6.45) is 7.31. The molecule has 2 N–H and O–H groups in total. The molecule has 0 aliphatic carbocycles. The van der Waals surface area contributed by atoms with E-state index in [1.165, 1.54) is 32.1 Å². The molecule has 1 aromatic rings. The van der Waals surface area contributed by atoms with Crippen LogP contribution in [0.4, 0.5) is 0 Å². The molecule has 0 heterocycles. The van der Waals surface area contributed by atoms with E-state index in [0.717, 1.165) is 6.42 Å².